The van der Waals surface area contributed by atoms with E-state index < -0.39 is 24.5 Å². The molecule has 0 aliphatic heterocycles. The second-order valence-corrected chi connectivity index (χ2v) is 2.24. The molecular weight excluding hydrogens is 336 g/mol. The summed E-state index contributed by atoms with van der Waals surface area (Å²) < 4.78 is 21.6. The first-order chi connectivity index (χ1) is 5.58. The van der Waals surface area contributed by atoms with Crippen molar-refractivity contribution in [3.05, 3.63) is 0 Å². The van der Waals surface area contributed by atoms with Crippen LogP contribution in [0.2, 0.25) is 0 Å². The monoisotopic (exact) mass is 346 g/mol. The van der Waals surface area contributed by atoms with E-state index in [1.165, 1.54) is 6.92 Å². The summed E-state index contributed by atoms with van der Waals surface area (Å²) in [5.74, 6) is -0.599. The zero-order valence-electron chi connectivity index (χ0n) is 6.86. The van der Waals surface area contributed by atoms with Crippen molar-refractivity contribution in [2.45, 2.75) is 20.3 Å². The molecule has 0 unspecified atom stereocenters. The molecule has 0 atom stereocenters. The van der Waals surface area contributed by atoms with Gasteiger partial charge in [-0.25, -0.2) is 0 Å². The van der Waals surface area contributed by atoms with E-state index in [9.17, 15) is 9.59 Å². The fraction of sp³-hybridized carbons (Fsp3) is 0.667. The molecule has 6 heteroatoms. The first-order valence-electron chi connectivity index (χ1n) is 3.15. The molecule has 0 aromatic carbocycles. The van der Waals surface area contributed by atoms with E-state index in [2.05, 4.69) is 4.74 Å². The van der Waals surface area contributed by atoms with Crippen molar-refractivity contribution in [2.24, 2.45) is 0 Å². The average molecular weight is 346 g/mol. The molecule has 0 radical (unpaired) electrons. The maximum absolute atomic E-state index is 10.4. The minimum absolute atomic E-state index is 0.103. The van der Waals surface area contributed by atoms with E-state index in [4.69, 9.17) is 6.80 Å². The third-order valence-corrected chi connectivity index (χ3v) is 0.699. The van der Waals surface area contributed by atoms with Gasteiger partial charge in [0.15, 0.2) is 0 Å². The van der Waals surface area contributed by atoms with Gasteiger partial charge in [0.05, 0.1) is 6.61 Å². The van der Waals surface area contributed by atoms with Gasteiger partial charge in [0, 0.05) is 0 Å². The van der Waals surface area contributed by atoms with Gasteiger partial charge in [0.2, 0.25) is 0 Å². The third kappa shape index (κ3) is 16.2. The Morgan fingerprint density at radius 3 is 2.00 bits per heavy atom. The number of Topliss-reactive ketones (excluding diaryl/α,β-unsaturated/α-hetero) is 1. The summed E-state index contributed by atoms with van der Waals surface area (Å²) in [5, 5.41) is 0. The van der Waals surface area contributed by atoms with Crippen molar-refractivity contribution in [1.82, 2.24) is 0 Å². The second kappa shape index (κ2) is 10.4. The van der Waals surface area contributed by atoms with Crippen LogP contribution >= 0.6 is 0 Å². The quantitative estimate of drug-likeness (QED) is 0.542. The Kier molecular flexibility index (Phi) is 12.1. The van der Waals surface area contributed by atoms with Crippen molar-refractivity contribution in [1.29, 1.82) is 0 Å². The molecule has 0 fully saturated rings. The molecule has 0 aromatic rings. The summed E-state index contributed by atoms with van der Waals surface area (Å²) in [6.45, 7) is 3.40. The SMILES string of the molecule is CCOC(=O)CC(C)=O.[O]=[W]=[O]. The normalized spacial score (nSPS) is 7.50. The van der Waals surface area contributed by atoms with Crippen LogP contribution in [0.5, 0.6) is 0 Å². The van der Waals surface area contributed by atoms with Crippen LogP contribution in [0.3, 0.4) is 0 Å². The van der Waals surface area contributed by atoms with Gasteiger partial charge in [0.25, 0.3) is 0 Å². The van der Waals surface area contributed by atoms with Crippen LogP contribution in [-0.4, -0.2) is 18.4 Å². The molecule has 0 aromatic heterocycles. The standard InChI is InChI=1S/C6H10O3.2O.W/c1-3-9-6(8)4-5(2)7;;;/h3-4H2,1-2H3;;;. The topological polar surface area (TPSA) is 77.5 Å². The number of esters is 1. The van der Waals surface area contributed by atoms with Crippen molar-refractivity contribution in [3.8, 4) is 0 Å². The first-order valence-corrected chi connectivity index (χ1v) is 5.54. The van der Waals surface area contributed by atoms with Crippen LogP contribution in [0.25, 0.3) is 0 Å². The predicted molar refractivity (Wildman–Crippen MR) is 33.3 cm³/mol. The van der Waals surface area contributed by atoms with Gasteiger partial charge in [-0.3, -0.25) is 9.59 Å². The third-order valence-electron chi connectivity index (χ3n) is 0.699. The molecule has 12 heavy (non-hydrogen) atoms. The molecule has 0 spiro atoms. The molecule has 0 N–H and O–H groups in total. The maximum atomic E-state index is 10.4. The fourth-order valence-corrected chi connectivity index (χ4v) is 0.415. The number of hydrogen-bond acceptors (Lipinski definition) is 5. The number of carbonyl (C=O) groups excluding carboxylic acids is 2. The number of carbonyl (C=O) groups is 2. The molecule has 0 rings (SSSR count). The van der Waals surface area contributed by atoms with E-state index in [1.807, 2.05) is 0 Å². The van der Waals surface area contributed by atoms with Crippen molar-refractivity contribution >= 4 is 11.8 Å². The zero-order chi connectivity index (χ0) is 9.98. The van der Waals surface area contributed by atoms with Crippen molar-refractivity contribution < 1.29 is 39.6 Å². The van der Waals surface area contributed by atoms with Crippen molar-refractivity contribution in [3.63, 3.8) is 0 Å². The van der Waals surface area contributed by atoms with Gasteiger partial charge >= 0.3 is 31.3 Å². The molecular formula is C6H10O5W. The van der Waals surface area contributed by atoms with Crippen LogP contribution in [-0.2, 0) is 39.6 Å². The number of hydrogen-bond donors (Lipinski definition) is 0. The number of ketones is 1. The molecule has 0 saturated heterocycles. The van der Waals surface area contributed by atoms with E-state index >= 15 is 0 Å². The van der Waals surface area contributed by atoms with Gasteiger partial charge in [0.1, 0.15) is 12.2 Å². The van der Waals surface area contributed by atoms with E-state index in [0.717, 1.165) is 0 Å². The van der Waals surface area contributed by atoms with E-state index in [1.54, 1.807) is 6.92 Å². The van der Waals surface area contributed by atoms with Gasteiger partial charge < -0.3 is 4.74 Å². The van der Waals surface area contributed by atoms with Crippen LogP contribution in [0.15, 0.2) is 0 Å². The molecule has 0 bridgehead atoms. The Morgan fingerprint density at radius 2 is 1.75 bits per heavy atom. The molecule has 70 valence electrons. The fourth-order valence-electron chi connectivity index (χ4n) is 0.415. The first kappa shape index (κ1) is 14.0. The predicted octanol–water partition coefficient (Wildman–Crippen LogP) is 0.288. The number of ether oxygens (including phenoxy) is 1. The van der Waals surface area contributed by atoms with Gasteiger partial charge in [-0.2, -0.15) is 0 Å². The Labute approximate surface area is 78.6 Å². The minimum atomic E-state index is -2.25. The summed E-state index contributed by atoms with van der Waals surface area (Å²) in [6, 6.07) is 0. The molecule has 0 saturated carbocycles. The van der Waals surface area contributed by atoms with Crippen LogP contribution in [0.1, 0.15) is 20.3 Å². The molecule has 0 heterocycles. The Morgan fingerprint density at radius 1 is 1.33 bits per heavy atom. The Bertz CT molecular complexity index is 182. The van der Waals surface area contributed by atoms with E-state index in [-0.39, 0.29) is 12.2 Å². The Hall–Kier alpha value is -0.572. The average Bonchev–Trinajstić information content (AvgIpc) is 1.87. The summed E-state index contributed by atoms with van der Waals surface area (Å²) in [7, 11) is 0. The summed E-state index contributed by atoms with van der Waals surface area (Å²) >= 11 is -2.25. The summed E-state index contributed by atoms with van der Waals surface area (Å²) in [5.41, 5.74) is 0. The van der Waals surface area contributed by atoms with Crippen LogP contribution in [0.4, 0.5) is 0 Å². The second-order valence-electron chi connectivity index (χ2n) is 1.75. The number of rotatable bonds is 3. The summed E-state index contributed by atoms with van der Waals surface area (Å²) in [4.78, 5) is 20.6. The van der Waals surface area contributed by atoms with E-state index in [0.29, 0.717) is 6.61 Å². The van der Waals surface area contributed by atoms with Gasteiger partial charge in [-0.1, -0.05) is 0 Å². The molecule has 0 aliphatic rings. The Balaban J connectivity index is 0. The molecule has 5 nitrogen and oxygen atoms in total. The van der Waals surface area contributed by atoms with Gasteiger partial charge in [-0.15, -0.1) is 0 Å². The van der Waals surface area contributed by atoms with Crippen molar-refractivity contribution in [2.75, 3.05) is 6.61 Å². The molecule has 0 aliphatic carbocycles. The van der Waals surface area contributed by atoms with Crippen LogP contribution in [0, 0.1) is 0 Å². The molecule has 0 amide bonds. The zero-order valence-corrected chi connectivity index (χ0v) is 9.80. The van der Waals surface area contributed by atoms with Crippen LogP contribution < -0.4 is 0 Å². The summed E-state index contributed by atoms with van der Waals surface area (Å²) in [6.07, 6.45) is -0.103. The van der Waals surface area contributed by atoms with Gasteiger partial charge in [-0.05, 0) is 13.8 Å².